The van der Waals surface area contributed by atoms with Crippen molar-refractivity contribution in [3.63, 3.8) is 0 Å². The number of halogens is 1. The average molecular weight is 350 g/mol. The lowest BCUT2D eigenvalue weighted by atomic mass is 10.0. The molecule has 1 N–H and O–H groups in total. The molecule has 0 atom stereocenters. The van der Waals surface area contributed by atoms with Crippen molar-refractivity contribution in [3.8, 4) is 0 Å². The van der Waals surface area contributed by atoms with Gasteiger partial charge in [0.2, 0.25) is 0 Å². The fourth-order valence-corrected chi connectivity index (χ4v) is 2.72. The zero-order chi connectivity index (χ0) is 14.7. The third-order valence-electron chi connectivity index (χ3n) is 3.02. The number of carbonyl (C=O) groups is 1. The van der Waals surface area contributed by atoms with Crippen LogP contribution in [0.4, 0.5) is 5.69 Å². The van der Waals surface area contributed by atoms with Gasteiger partial charge < -0.3 is 5.32 Å². The summed E-state index contributed by atoms with van der Waals surface area (Å²) in [6.07, 6.45) is 0. The van der Waals surface area contributed by atoms with E-state index in [1.54, 1.807) is 6.07 Å². The van der Waals surface area contributed by atoms with E-state index in [1.165, 1.54) is 5.56 Å². The summed E-state index contributed by atoms with van der Waals surface area (Å²) in [6.45, 7) is 4.25. The van der Waals surface area contributed by atoms with Crippen LogP contribution in [0.25, 0.3) is 0 Å². The Morgan fingerprint density at radius 3 is 2.60 bits per heavy atom. The zero-order valence-electron chi connectivity index (χ0n) is 11.4. The van der Waals surface area contributed by atoms with Crippen molar-refractivity contribution < 1.29 is 4.79 Å². The molecular formula is C16H16BrNOS. The Bertz CT molecular complexity index is 640. The predicted molar refractivity (Wildman–Crippen MR) is 89.9 cm³/mol. The highest BCUT2D eigenvalue weighted by Crippen LogP contribution is 2.22. The smallest absolute Gasteiger partial charge is 0.256 e. The van der Waals surface area contributed by atoms with Crippen LogP contribution in [0, 0.1) is 0 Å². The minimum absolute atomic E-state index is 0.150. The van der Waals surface area contributed by atoms with Gasteiger partial charge >= 0.3 is 0 Å². The van der Waals surface area contributed by atoms with Gasteiger partial charge in [0.1, 0.15) is 0 Å². The summed E-state index contributed by atoms with van der Waals surface area (Å²) < 4.78 is 0.904. The molecule has 2 aromatic rings. The largest absolute Gasteiger partial charge is 0.322 e. The molecule has 2 rings (SSSR count). The van der Waals surface area contributed by atoms with Crippen LogP contribution in [0.3, 0.4) is 0 Å². The summed E-state index contributed by atoms with van der Waals surface area (Å²) in [4.78, 5) is 12.9. The zero-order valence-corrected chi connectivity index (χ0v) is 13.8. The van der Waals surface area contributed by atoms with Gasteiger partial charge in [-0.05, 0) is 41.8 Å². The van der Waals surface area contributed by atoms with Crippen molar-refractivity contribution >= 4 is 40.2 Å². The second-order valence-electron chi connectivity index (χ2n) is 4.90. The van der Waals surface area contributed by atoms with E-state index in [0.29, 0.717) is 16.4 Å². The molecule has 0 heterocycles. The van der Waals surface area contributed by atoms with E-state index in [1.807, 2.05) is 30.3 Å². The highest BCUT2D eigenvalue weighted by Gasteiger charge is 2.10. The van der Waals surface area contributed by atoms with Crippen LogP contribution >= 0.6 is 28.6 Å². The first-order valence-corrected chi connectivity index (χ1v) is 7.61. The maximum absolute atomic E-state index is 12.3. The number of nitrogens with one attached hydrogen (secondary N) is 1. The van der Waals surface area contributed by atoms with Gasteiger partial charge in [-0.3, -0.25) is 4.79 Å². The van der Waals surface area contributed by atoms with Gasteiger partial charge in [0.15, 0.2) is 0 Å². The normalized spacial score (nSPS) is 10.7. The third kappa shape index (κ3) is 3.64. The lowest BCUT2D eigenvalue weighted by molar-refractivity contribution is 0.102. The van der Waals surface area contributed by atoms with Gasteiger partial charge in [0, 0.05) is 15.1 Å². The van der Waals surface area contributed by atoms with Crippen molar-refractivity contribution in [1.29, 1.82) is 0 Å². The second-order valence-corrected chi connectivity index (χ2v) is 6.29. The first kappa shape index (κ1) is 15.1. The highest BCUT2D eigenvalue weighted by molar-refractivity contribution is 9.10. The Morgan fingerprint density at radius 2 is 1.95 bits per heavy atom. The second kappa shape index (κ2) is 6.46. The number of carbonyl (C=O) groups excluding carboxylic acids is 1. The first-order chi connectivity index (χ1) is 9.47. The monoisotopic (exact) mass is 349 g/mol. The Labute approximate surface area is 133 Å². The molecule has 0 saturated carbocycles. The fourth-order valence-electron chi connectivity index (χ4n) is 1.87. The van der Waals surface area contributed by atoms with E-state index in [-0.39, 0.29) is 5.91 Å². The highest BCUT2D eigenvalue weighted by atomic mass is 79.9. The molecule has 0 aliphatic rings. The van der Waals surface area contributed by atoms with Crippen molar-refractivity contribution in [2.75, 3.05) is 5.32 Å². The minimum atomic E-state index is -0.150. The molecule has 2 aromatic carbocycles. The first-order valence-electron chi connectivity index (χ1n) is 6.37. The van der Waals surface area contributed by atoms with E-state index in [9.17, 15) is 4.79 Å². The van der Waals surface area contributed by atoms with Crippen LogP contribution in [0.2, 0.25) is 0 Å². The maximum Gasteiger partial charge on any atom is 0.256 e. The summed E-state index contributed by atoms with van der Waals surface area (Å²) in [6, 6.07) is 13.3. The van der Waals surface area contributed by atoms with Crippen LogP contribution in [0.15, 0.2) is 51.8 Å². The fraction of sp³-hybridized carbons (Fsp3) is 0.188. The molecule has 0 aliphatic carbocycles. The van der Waals surface area contributed by atoms with Gasteiger partial charge in [-0.25, -0.2) is 0 Å². The molecule has 1 amide bonds. The molecular weight excluding hydrogens is 334 g/mol. The van der Waals surface area contributed by atoms with Crippen molar-refractivity contribution in [1.82, 2.24) is 0 Å². The number of thiol groups is 1. The van der Waals surface area contributed by atoms with Crippen molar-refractivity contribution in [2.45, 2.75) is 24.7 Å². The number of hydrogen-bond donors (Lipinski definition) is 2. The molecule has 2 nitrogen and oxygen atoms in total. The molecule has 4 heteroatoms. The van der Waals surface area contributed by atoms with Gasteiger partial charge in [0.25, 0.3) is 5.91 Å². The molecule has 20 heavy (non-hydrogen) atoms. The lowest BCUT2D eigenvalue weighted by Crippen LogP contribution is -2.12. The number of amides is 1. The molecule has 0 saturated heterocycles. The Kier molecular flexibility index (Phi) is 4.89. The van der Waals surface area contributed by atoms with Gasteiger partial charge in [-0.2, -0.15) is 0 Å². The molecule has 0 aromatic heterocycles. The topological polar surface area (TPSA) is 29.1 Å². The van der Waals surface area contributed by atoms with Crippen LogP contribution < -0.4 is 5.32 Å². The van der Waals surface area contributed by atoms with Crippen LogP contribution in [0.1, 0.15) is 35.7 Å². The van der Waals surface area contributed by atoms with Gasteiger partial charge in [-0.1, -0.05) is 41.9 Å². The average Bonchev–Trinajstić information content (AvgIpc) is 2.38. The van der Waals surface area contributed by atoms with Gasteiger partial charge in [0.05, 0.1) is 5.56 Å². The number of anilines is 1. The van der Waals surface area contributed by atoms with E-state index in [2.05, 4.69) is 53.8 Å². The summed E-state index contributed by atoms with van der Waals surface area (Å²) in [5, 5.41) is 2.91. The number of hydrogen-bond acceptors (Lipinski definition) is 2. The van der Waals surface area contributed by atoms with E-state index < -0.39 is 0 Å². The van der Waals surface area contributed by atoms with Gasteiger partial charge in [-0.15, -0.1) is 12.6 Å². The summed E-state index contributed by atoms with van der Waals surface area (Å²) >= 11 is 7.69. The van der Waals surface area contributed by atoms with Crippen molar-refractivity contribution in [3.05, 3.63) is 58.1 Å². The van der Waals surface area contributed by atoms with Crippen LogP contribution in [-0.4, -0.2) is 5.91 Å². The molecule has 0 unspecified atom stereocenters. The third-order valence-corrected chi connectivity index (χ3v) is 3.88. The van der Waals surface area contributed by atoms with E-state index in [4.69, 9.17) is 0 Å². The molecule has 0 aliphatic heterocycles. The molecule has 0 fully saturated rings. The molecule has 0 radical (unpaired) electrons. The van der Waals surface area contributed by atoms with E-state index in [0.717, 1.165) is 10.2 Å². The number of rotatable bonds is 3. The SMILES string of the molecule is CC(C)c1cccc(NC(=O)c2ccc(Br)cc2S)c1. The van der Waals surface area contributed by atoms with Crippen LogP contribution in [-0.2, 0) is 0 Å². The van der Waals surface area contributed by atoms with Crippen LogP contribution in [0.5, 0.6) is 0 Å². The van der Waals surface area contributed by atoms with Crippen molar-refractivity contribution in [2.24, 2.45) is 0 Å². The summed E-state index contributed by atoms with van der Waals surface area (Å²) in [5.74, 6) is 0.281. The lowest BCUT2D eigenvalue weighted by Gasteiger charge is -2.10. The quantitative estimate of drug-likeness (QED) is 0.740. The molecule has 0 bridgehead atoms. The predicted octanol–water partition coefficient (Wildman–Crippen LogP) is 5.11. The Hall–Kier alpha value is -1.26. The van der Waals surface area contributed by atoms with E-state index >= 15 is 0 Å². The minimum Gasteiger partial charge on any atom is -0.322 e. The molecule has 104 valence electrons. The number of benzene rings is 2. The molecule has 0 spiro atoms. The standard InChI is InChI=1S/C16H16BrNOS/c1-10(2)11-4-3-5-13(8-11)18-16(19)14-7-6-12(17)9-15(14)20/h3-10,20H,1-2H3,(H,18,19). The Morgan fingerprint density at radius 1 is 1.20 bits per heavy atom. The Balaban J connectivity index is 2.21. The maximum atomic E-state index is 12.3. The summed E-state index contributed by atoms with van der Waals surface area (Å²) in [7, 11) is 0. The summed E-state index contributed by atoms with van der Waals surface area (Å²) in [5.41, 5.74) is 2.56.